The van der Waals surface area contributed by atoms with Gasteiger partial charge in [-0.05, 0) is 29.6 Å². The number of anilines is 1. The van der Waals surface area contributed by atoms with Crippen LogP contribution in [-0.2, 0) is 0 Å². The van der Waals surface area contributed by atoms with Crippen LogP contribution >= 0.6 is 0 Å². The minimum absolute atomic E-state index is 0.0389. The van der Waals surface area contributed by atoms with Crippen LogP contribution in [0.25, 0.3) is 10.4 Å². The van der Waals surface area contributed by atoms with Crippen molar-refractivity contribution in [2.75, 3.05) is 12.3 Å². The lowest BCUT2D eigenvalue weighted by atomic mass is 10.0. The summed E-state index contributed by atoms with van der Waals surface area (Å²) in [5.41, 5.74) is 13.5. The van der Waals surface area contributed by atoms with Gasteiger partial charge in [0.25, 0.3) is 5.69 Å². The summed E-state index contributed by atoms with van der Waals surface area (Å²) in [6, 6.07) is 3.71. The number of nitrogens with two attached hydrogens (primary N) is 1. The van der Waals surface area contributed by atoms with E-state index in [0.29, 0.717) is 0 Å². The molecule has 0 fully saturated rings. The van der Waals surface area contributed by atoms with E-state index in [1.54, 1.807) is 0 Å². The zero-order valence-corrected chi connectivity index (χ0v) is 9.88. The maximum Gasteiger partial charge on any atom is 0.292 e. The predicted octanol–water partition coefficient (Wildman–Crippen LogP) is 1.27. The van der Waals surface area contributed by atoms with Gasteiger partial charge in [0.15, 0.2) is 0 Å². The van der Waals surface area contributed by atoms with E-state index in [4.69, 9.17) is 11.3 Å². The van der Waals surface area contributed by atoms with Crippen LogP contribution in [0.15, 0.2) is 23.3 Å². The Morgan fingerprint density at radius 2 is 2.21 bits per heavy atom. The lowest BCUT2D eigenvalue weighted by Crippen LogP contribution is -2.19. The molecule has 0 spiro atoms. The highest BCUT2D eigenvalue weighted by Crippen LogP contribution is 2.27. The molecule has 0 radical (unpaired) electrons. The first-order chi connectivity index (χ1) is 8.97. The number of azide groups is 1. The lowest BCUT2D eigenvalue weighted by molar-refractivity contribution is -0.383. The number of hydrogen-bond donors (Lipinski definition) is 3. The van der Waals surface area contributed by atoms with Crippen molar-refractivity contribution in [3.05, 3.63) is 44.3 Å². The van der Waals surface area contributed by atoms with Crippen molar-refractivity contribution in [1.82, 2.24) is 0 Å². The van der Waals surface area contributed by atoms with Gasteiger partial charge in [-0.2, -0.15) is 0 Å². The highest BCUT2D eigenvalue weighted by atomic mass is 16.6. The molecular weight excluding hydrogens is 254 g/mol. The number of nitrogen functional groups attached to an aromatic ring is 1. The molecular formula is C10H13N5O4. The monoisotopic (exact) mass is 267 g/mol. The third-order valence-corrected chi connectivity index (χ3v) is 2.54. The van der Waals surface area contributed by atoms with Gasteiger partial charge in [-0.15, -0.1) is 0 Å². The summed E-state index contributed by atoms with van der Waals surface area (Å²) in [4.78, 5) is 12.5. The molecule has 0 aliphatic rings. The highest BCUT2D eigenvalue weighted by Gasteiger charge is 2.20. The summed E-state index contributed by atoms with van der Waals surface area (Å²) in [5, 5.41) is 33.3. The molecule has 0 saturated carbocycles. The smallest absolute Gasteiger partial charge is 0.292 e. The zero-order chi connectivity index (χ0) is 14.4. The van der Waals surface area contributed by atoms with Crippen molar-refractivity contribution in [2.24, 2.45) is 5.11 Å². The van der Waals surface area contributed by atoms with Crippen LogP contribution in [0.5, 0.6) is 0 Å². The average molecular weight is 267 g/mol. The average Bonchev–Trinajstić information content (AvgIpc) is 2.37. The topological polar surface area (TPSA) is 158 Å². The molecule has 0 bridgehead atoms. The van der Waals surface area contributed by atoms with Gasteiger partial charge in [-0.1, -0.05) is 5.11 Å². The number of rotatable bonds is 6. The molecule has 2 atom stereocenters. The number of aliphatic hydroxyl groups is 2. The summed E-state index contributed by atoms with van der Waals surface area (Å²) >= 11 is 0. The van der Waals surface area contributed by atoms with E-state index >= 15 is 0 Å². The van der Waals surface area contributed by atoms with Crippen molar-refractivity contribution in [2.45, 2.75) is 18.6 Å². The Morgan fingerprint density at radius 1 is 1.53 bits per heavy atom. The molecule has 0 aromatic heterocycles. The molecule has 0 amide bonds. The van der Waals surface area contributed by atoms with Crippen LogP contribution in [0.3, 0.4) is 0 Å². The van der Waals surface area contributed by atoms with Gasteiger partial charge in [0, 0.05) is 17.5 Å². The van der Waals surface area contributed by atoms with Crippen molar-refractivity contribution in [3.63, 3.8) is 0 Å². The fourth-order valence-corrected chi connectivity index (χ4v) is 1.54. The van der Waals surface area contributed by atoms with Gasteiger partial charge in [-0.3, -0.25) is 10.1 Å². The molecule has 0 aliphatic carbocycles. The maximum atomic E-state index is 10.6. The molecule has 0 heterocycles. The van der Waals surface area contributed by atoms with E-state index in [1.165, 1.54) is 12.1 Å². The Kier molecular flexibility index (Phi) is 5.07. The van der Waals surface area contributed by atoms with Crippen LogP contribution in [0.4, 0.5) is 11.4 Å². The van der Waals surface area contributed by atoms with E-state index in [9.17, 15) is 20.3 Å². The van der Waals surface area contributed by atoms with E-state index in [2.05, 4.69) is 10.0 Å². The Morgan fingerprint density at radius 3 is 2.74 bits per heavy atom. The molecule has 0 saturated heterocycles. The van der Waals surface area contributed by atoms with Crippen molar-refractivity contribution < 1.29 is 15.1 Å². The molecule has 19 heavy (non-hydrogen) atoms. The quantitative estimate of drug-likeness (QED) is 0.176. The summed E-state index contributed by atoms with van der Waals surface area (Å²) in [7, 11) is 0. The van der Waals surface area contributed by atoms with Crippen LogP contribution in [-0.4, -0.2) is 27.8 Å². The molecule has 9 heteroatoms. The normalized spacial score (nSPS) is 13.4. The molecule has 4 N–H and O–H groups in total. The van der Waals surface area contributed by atoms with E-state index in [1.807, 2.05) is 0 Å². The van der Waals surface area contributed by atoms with Gasteiger partial charge in [-0.25, -0.2) is 0 Å². The van der Waals surface area contributed by atoms with Crippen molar-refractivity contribution in [3.8, 4) is 0 Å². The number of hydrogen-bond acceptors (Lipinski definition) is 6. The third kappa shape index (κ3) is 3.81. The van der Waals surface area contributed by atoms with Crippen LogP contribution < -0.4 is 5.73 Å². The summed E-state index contributed by atoms with van der Waals surface area (Å²) in [6.07, 6.45) is -2.33. The standard InChI is InChI=1S/C10H13N5O4/c11-7-5-6(1-2-8(7)15(18)19)10(17)9(16)3-4-13-14-12/h1-2,5,9-10,16-17H,3-4,11H2. The third-order valence-electron chi connectivity index (χ3n) is 2.54. The number of aliphatic hydroxyl groups excluding tert-OH is 2. The molecule has 1 aromatic rings. The number of nitro groups is 1. The Hall–Kier alpha value is -2.35. The fourth-order valence-electron chi connectivity index (χ4n) is 1.54. The molecule has 9 nitrogen and oxygen atoms in total. The summed E-state index contributed by atoms with van der Waals surface area (Å²) in [6.45, 7) is 0.0389. The molecule has 2 unspecified atom stereocenters. The highest BCUT2D eigenvalue weighted by molar-refractivity contribution is 5.59. The van der Waals surface area contributed by atoms with Gasteiger partial charge < -0.3 is 15.9 Å². The minimum Gasteiger partial charge on any atom is -0.393 e. The second-order valence-corrected chi connectivity index (χ2v) is 3.83. The van der Waals surface area contributed by atoms with Crippen LogP contribution in [0.1, 0.15) is 18.1 Å². The second-order valence-electron chi connectivity index (χ2n) is 3.83. The van der Waals surface area contributed by atoms with Gasteiger partial charge in [0.1, 0.15) is 11.8 Å². The first kappa shape index (κ1) is 14.7. The van der Waals surface area contributed by atoms with E-state index < -0.39 is 17.1 Å². The lowest BCUT2D eigenvalue weighted by Gasteiger charge is -2.17. The molecule has 102 valence electrons. The number of nitrogens with zero attached hydrogens (tertiary/aromatic N) is 4. The first-order valence-corrected chi connectivity index (χ1v) is 5.38. The van der Waals surface area contributed by atoms with Crippen LogP contribution in [0.2, 0.25) is 0 Å². The van der Waals surface area contributed by atoms with E-state index in [-0.39, 0.29) is 29.9 Å². The first-order valence-electron chi connectivity index (χ1n) is 5.38. The maximum absolute atomic E-state index is 10.6. The van der Waals surface area contributed by atoms with Gasteiger partial charge in [0.2, 0.25) is 0 Å². The summed E-state index contributed by atoms with van der Waals surface area (Å²) < 4.78 is 0. The van der Waals surface area contributed by atoms with Gasteiger partial charge in [0.05, 0.1) is 11.0 Å². The van der Waals surface area contributed by atoms with E-state index in [0.717, 1.165) is 6.07 Å². The molecule has 1 rings (SSSR count). The Bertz CT molecular complexity index is 515. The Balaban J connectivity index is 2.82. The zero-order valence-electron chi connectivity index (χ0n) is 9.88. The second kappa shape index (κ2) is 6.55. The molecule has 0 aliphatic heterocycles. The van der Waals surface area contributed by atoms with Crippen molar-refractivity contribution >= 4 is 11.4 Å². The Labute approximate surface area is 108 Å². The van der Waals surface area contributed by atoms with Gasteiger partial charge >= 0.3 is 0 Å². The predicted molar refractivity (Wildman–Crippen MR) is 67.1 cm³/mol. The van der Waals surface area contributed by atoms with Crippen molar-refractivity contribution in [1.29, 1.82) is 0 Å². The SMILES string of the molecule is [N-]=[N+]=NCCC(O)C(O)c1ccc([N+](=O)[O-])c(N)c1. The molecule has 1 aromatic carbocycles. The largest absolute Gasteiger partial charge is 0.393 e. The number of benzene rings is 1. The summed E-state index contributed by atoms with van der Waals surface area (Å²) in [5.74, 6) is 0. The fraction of sp³-hybridized carbons (Fsp3) is 0.400. The minimum atomic E-state index is -1.25. The van der Waals surface area contributed by atoms with Crippen LogP contribution in [0, 0.1) is 10.1 Å². The number of nitro benzene ring substituents is 1.